The van der Waals surface area contributed by atoms with Gasteiger partial charge in [-0.05, 0) is 30.5 Å². The zero-order valence-corrected chi connectivity index (χ0v) is 8.43. The Bertz CT molecular complexity index is 497. The van der Waals surface area contributed by atoms with Gasteiger partial charge in [0.25, 0.3) is 0 Å². The minimum Gasteiger partial charge on any atom is -0.361 e. The van der Waals surface area contributed by atoms with Crippen molar-refractivity contribution in [2.75, 3.05) is 0 Å². The first-order valence-corrected chi connectivity index (χ1v) is 5.13. The average Bonchev–Trinajstić information content (AvgIpc) is 2.75. The molecule has 2 aromatic rings. The van der Waals surface area contributed by atoms with Crippen LogP contribution in [0.1, 0.15) is 18.4 Å². The van der Waals surface area contributed by atoms with Crippen molar-refractivity contribution >= 4 is 22.5 Å². The Balaban J connectivity index is 2.30. The maximum Gasteiger partial charge on any atom is 0.0550 e. The van der Waals surface area contributed by atoms with E-state index in [0.29, 0.717) is 0 Å². The summed E-state index contributed by atoms with van der Waals surface area (Å²) in [4.78, 5) is 3.13. The number of aromatic amines is 1. The highest BCUT2D eigenvalue weighted by atomic mass is 35.5. The van der Waals surface area contributed by atoms with Crippen molar-refractivity contribution in [3.05, 3.63) is 35.0 Å². The number of H-pyrrole nitrogens is 1. The summed E-state index contributed by atoms with van der Waals surface area (Å²) in [6.07, 6.45) is 3.99. The van der Waals surface area contributed by atoms with Crippen molar-refractivity contribution < 1.29 is 0 Å². The van der Waals surface area contributed by atoms with Crippen molar-refractivity contribution in [3.8, 4) is 0 Å². The number of nitrogens with one attached hydrogen (secondary N) is 1. The van der Waals surface area contributed by atoms with E-state index in [0.717, 1.165) is 34.3 Å². The van der Waals surface area contributed by atoms with Crippen LogP contribution in [0, 0.1) is 0 Å². The number of fused-ring (bicyclic) bond motifs is 1. The van der Waals surface area contributed by atoms with Gasteiger partial charge in [0.15, 0.2) is 0 Å². The number of halogens is 1. The van der Waals surface area contributed by atoms with Crippen molar-refractivity contribution in [2.45, 2.75) is 18.4 Å². The lowest BCUT2D eigenvalue weighted by atomic mass is 10.0. The van der Waals surface area contributed by atoms with Crippen LogP contribution >= 0.6 is 11.6 Å². The lowest BCUT2D eigenvalue weighted by molar-refractivity contribution is 0.742. The van der Waals surface area contributed by atoms with Crippen molar-refractivity contribution in [3.63, 3.8) is 0 Å². The van der Waals surface area contributed by atoms with Gasteiger partial charge in [0.1, 0.15) is 0 Å². The average molecular weight is 207 g/mol. The Morgan fingerprint density at radius 3 is 2.79 bits per heavy atom. The van der Waals surface area contributed by atoms with E-state index >= 15 is 0 Å². The summed E-state index contributed by atoms with van der Waals surface area (Å²) < 4.78 is 0. The molecule has 0 bridgehead atoms. The van der Waals surface area contributed by atoms with Crippen LogP contribution in [-0.4, -0.2) is 4.98 Å². The second-order valence-electron chi connectivity index (χ2n) is 4.02. The third kappa shape index (κ3) is 1.01. The molecule has 1 aromatic carbocycles. The van der Waals surface area contributed by atoms with E-state index in [-0.39, 0.29) is 5.54 Å². The van der Waals surface area contributed by atoms with Gasteiger partial charge in [-0.25, -0.2) is 0 Å². The fourth-order valence-corrected chi connectivity index (χ4v) is 2.30. The summed E-state index contributed by atoms with van der Waals surface area (Å²) in [5.74, 6) is 0. The Kier molecular flexibility index (Phi) is 1.50. The molecule has 1 aliphatic rings. The quantitative estimate of drug-likeness (QED) is 0.740. The summed E-state index contributed by atoms with van der Waals surface area (Å²) >= 11 is 6.31. The fourth-order valence-electron chi connectivity index (χ4n) is 1.89. The van der Waals surface area contributed by atoms with Gasteiger partial charge in [-0.1, -0.05) is 17.7 Å². The molecule has 0 amide bonds. The highest BCUT2D eigenvalue weighted by Gasteiger charge is 2.41. The molecule has 0 saturated heterocycles. The Labute approximate surface area is 87.1 Å². The molecular weight excluding hydrogens is 196 g/mol. The number of benzene rings is 1. The van der Waals surface area contributed by atoms with Crippen LogP contribution in [0.15, 0.2) is 24.4 Å². The second kappa shape index (κ2) is 2.53. The molecule has 0 spiro atoms. The van der Waals surface area contributed by atoms with Crippen LogP contribution in [0.4, 0.5) is 0 Å². The zero-order valence-electron chi connectivity index (χ0n) is 7.68. The van der Waals surface area contributed by atoms with Gasteiger partial charge in [-0.2, -0.15) is 0 Å². The molecule has 1 fully saturated rings. The number of hydrogen-bond acceptors (Lipinski definition) is 1. The van der Waals surface area contributed by atoms with Crippen LogP contribution < -0.4 is 5.73 Å². The van der Waals surface area contributed by atoms with Gasteiger partial charge in [0, 0.05) is 22.6 Å². The summed E-state index contributed by atoms with van der Waals surface area (Å²) in [5.41, 5.74) is 8.14. The van der Waals surface area contributed by atoms with E-state index < -0.39 is 0 Å². The van der Waals surface area contributed by atoms with E-state index in [4.69, 9.17) is 17.3 Å². The first-order chi connectivity index (χ1) is 6.71. The largest absolute Gasteiger partial charge is 0.361 e. The van der Waals surface area contributed by atoms with Crippen LogP contribution in [0.2, 0.25) is 5.02 Å². The maximum absolute atomic E-state index is 6.31. The van der Waals surface area contributed by atoms with E-state index in [1.807, 2.05) is 24.4 Å². The van der Waals surface area contributed by atoms with Crippen LogP contribution in [0.3, 0.4) is 0 Å². The normalized spacial score (nSPS) is 18.7. The van der Waals surface area contributed by atoms with Gasteiger partial charge >= 0.3 is 0 Å². The van der Waals surface area contributed by atoms with Gasteiger partial charge in [0.2, 0.25) is 0 Å². The van der Waals surface area contributed by atoms with Gasteiger partial charge < -0.3 is 10.7 Å². The topological polar surface area (TPSA) is 41.8 Å². The summed E-state index contributed by atoms with van der Waals surface area (Å²) in [6.45, 7) is 0. The number of nitrogens with two attached hydrogens (primary N) is 1. The molecule has 0 aliphatic heterocycles. The first kappa shape index (κ1) is 8.33. The van der Waals surface area contributed by atoms with E-state index in [9.17, 15) is 0 Å². The number of rotatable bonds is 1. The lowest BCUT2D eigenvalue weighted by Gasteiger charge is -2.11. The van der Waals surface area contributed by atoms with Crippen LogP contribution in [-0.2, 0) is 5.54 Å². The third-order valence-electron chi connectivity index (χ3n) is 2.99. The fraction of sp³-hybridized carbons (Fsp3) is 0.273. The molecule has 1 heterocycles. The smallest absolute Gasteiger partial charge is 0.0550 e. The molecule has 1 aromatic heterocycles. The molecule has 1 aliphatic carbocycles. The molecule has 0 unspecified atom stereocenters. The minimum absolute atomic E-state index is 0.150. The highest BCUT2D eigenvalue weighted by molar-refractivity contribution is 6.36. The standard InChI is InChI=1S/C11H11ClN2/c12-10-7-3-6-14-9(7)2-1-8(10)11(13)4-5-11/h1-3,6,14H,4-5,13H2. The second-order valence-corrected chi connectivity index (χ2v) is 4.40. The third-order valence-corrected chi connectivity index (χ3v) is 3.40. The Morgan fingerprint density at radius 1 is 1.29 bits per heavy atom. The molecule has 3 N–H and O–H groups in total. The number of hydrogen-bond donors (Lipinski definition) is 2. The molecule has 0 radical (unpaired) electrons. The minimum atomic E-state index is -0.150. The SMILES string of the molecule is NC1(c2ccc3[nH]ccc3c2Cl)CC1. The van der Waals surface area contributed by atoms with Crippen LogP contribution in [0.25, 0.3) is 10.9 Å². The molecule has 2 nitrogen and oxygen atoms in total. The van der Waals surface area contributed by atoms with Gasteiger partial charge in [-0.3, -0.25) is 0 Å². The van der Waals surface area contributed by atoms with E-state index in [2.05, 4.69) is 4.98 Å². The highest BCUT2D eigenvalue weighted by Crippen LogP contribution is 2.46. The van der Waals surface area contributed by atoms with E-state index in [1.165, 1.54) is 0 Å². The molecule has 3 rings (SSSR count). The first-order valence-electron chi connectivity index (χ1n) is 4.76. The van der Waals surface area contributed by atoms with Crippen molar-refractivity contribution in [2.24, 2.45) is 5.73 Å². The monoisotopic (exact) mass is 206 g/mol. The van der Waals surface area contributed by atoms with Crippen molar-refractivity contribution in [1.82, 2.24) is 4.98 Å². The summed E-state index contributed by atoms with van der Waals surface area (Å²) in [5, 5.41) is 1.88. The Hall–Kier alpha value is -0.990. The van der Waals surface area contributed by atoms with Gasteiger partial charge in [0.05, 0.1) is 5.02 Å². The van der Waals surface area contributed by atoms with Crippen molar-refractivity contribution in [1.29, 1.82) is 0 Å². The maximum atomic E-state index is 6.31. The molecule has 72 valence electrons. The summed E-state index contributed by atoms with van der Waals surface area (Å²) in [7, 11) is 0. The van der Waals surface area contributed by atoms with Crippen LogP contribution in [0.5, 0.6) is 0 Å². The Morgan fingerprint density at radius 2 is 2.07 bits per heavy atom. The summed E-state index contributed by atoms with van der Waals surface area (Å²) in [6, 6.07) is 6.07. The number of aromatic nitrogens is 1. The zero-order chi connectivity index (χ0) is 9.76. The predicted molar refractivity (Wildman–Crippen MR) is 58.4 cm³/mol. The molecule has 0 atom stereocenters. The lowest BCUT2D eigenvalue weighted by Crippen LogP contribution is -2.19. The molecule has 14 heavy (non-hydrogen) atoms. The predicted octanol–water partition coefficient (Wildman–Crippen LogP) is 2.77. The molecule has 3 heteroatoms. The van der Waals surface area contributed by atoms with E-state index in [1.54, 1.807) is 0 Å². The van der Waals surface area contributed by atoms with Gasteiger partial charge in [-0.15, -0.1) is 0 Å². The molecular formula is C11H11ClN2. The molecule has 1 saturated carbocycles.